The zero-order valence-corrected chi connectivity index (χ0v) is 12.2. The van der Waals surface area contributed by atoms with Gasteiger partial charge in [-0.2, -0.15) is 0 Å². The van der Waals surface area contributed by atoms with Crippen molar-refractivity contribution in [3.05, 3.63) is 64.6 Å². The predicted molar refractivity (Wildman–Crippen MR) is 82.8 cm³/mol. The zero-order valence-electron chi connectivity index (χ0n) is 10.6. The van der Waals surface area contributed by atoms with Gasteiger partial charge in [-0.1, -0.05) is 51.4 Å². The molecule has 2 aromatic carbocycles. The Kier molecular flexibility index (Phi) is 5.32. The van der Waals surface area contributed by atoms with Gasteiger partial charge in [0, 0.05) is 10.2 Å². The number of rotatable bonds is 5. The van der Waals surface area contributed by atoms with Gasteiger partial charge in [-0.3, -0.25) is 4.79 Å². The third kappa shape index (κ3) is 4.85. The van der Waals surface area contributed by atoms with E-state index in [1.165, 1.54) is 0 Å². The number of para-hydroxylation sites is 1. The van der Waals surface area contributed by atoms with Gasteiger partial charge in [-0.15, -0.1) is 0 Å². The fourth-order valence-electron chi connectivity index (χ4n) is 1.46. The Balaban J connectivity index is 1.75. The van der Waals surface area contributed by atoms with E-state index in [-0.39, 0.29) is 12.5 Å². The molecule has 0 unspecified atom stereocenters. The first-order valence-electron chi connectivity index (χ1n) is 6.00. The summed E-state index contributed by atoms with van der Waals surface area (Å²) in [7, 11) is 0. The fraction of sp³-hybridized carbons (Fsp3) is 0.0667. The molecule has 0 spiro atoms. The molecule has 0 aliphatic heterocycles. The van der Waals surface area contributed by atoms with Crippen LogP contribution in [-0.4, -0.2) is 18.7 Å². The maximum Gasteiger partial charge on any atom is 0.265 e. The van der Waals surface area contributed by atoms with Crippen LogP contribution in [0.3, 0.4) is 0 Å². The second-order valence-corrected chi connectivity index (χ2v) is 4.89. The van der Waals surface area contributed by atoms with Crippen molar-refractivity contribution in [2.75, 3.05) is 11.9 Å². The molecule has 0 aromatic heterocycles. The molecule has 0 bridgehead atoms. The third-order valence-corrected chi connectivity index (χ3v) is 2.93. The minimum atomic E-state index is -0.246. The maximum absolute atomic E-state index is 11.6. The average molecular weight is 333 g/mol. The van der Waals surface area contributed by atoms with Crippen LogP contribution in [0.1, 0.15) is 5.56 Å². The Morgan fingerprint density at radius 2 is 1.85 bits per heavy atom. The minimum absolute atomic E-state index is 0.123. The van der Waals surface area contributed by atoms with Crippen molar-refractivity contribution < 1.29 is 9.63 Å². The van der Waals surface area contributed by atoms with Crippen molar-refractivity contribution >= 4 is 33.7 Å². The molecule has 0 saturated heterocycles. The third-order valence-electron chi connectivity index (χ3n) is 2.40. The average Bonchev–Trinajstić information content (AvgIpc) is 2.46. The van der Waals surface area contributed by atoms with Crippen molar-refractivity contribution in [1.82, 2.24) is 0 Å². The first kappa shape index (κ1) is 14.3. The van der Waals surface area contributed by atoms with Crippen LogP contribution in [0.2, 0.25) is 0 Å². The number of oxime groups is 1. The molecule has 1 amide bonds. The molecule has 4 nitrogen and oxygen atoms in total. The van der Waals surface area contributed by atoms with Gasteiger partial charge >= 0.3 is 0 Å². The largest absolute Gasteiger partial charge is 0.386 e. The highest BCUT2D eigenvalue weighted by Crippen LogP contribution is 2.09. The van der Waals surface area contributed by atoms with Crippen LogP contribution in [0.4, 0.5) is 5.69 Å². The SMILES string of the molecule is O=C(CO/N=C\c1ccc(Br)cc1)Nc1ccccc1. The van der Waals surface area contributed by atoms with Gasteiger partial charge in [-0.05, 0) is 29.8 Å². The molecule has 20 heavy (non-hydrogen) atoms. The van der Waals surface area contributed by atoms with Gasteiger partial charge in [0.25, 0.3) is 5.91 Å². The summed E-state index contributed by atoms with van der Waals surface area (Å²) < 4.78 is 0.998. The normalized spacial score (nSPS) is 10.4. The molecular weight excluding hydrogens is 320 g/mol. The Labute approximate surface area is 125 Å². The lowest BCUT2D eigenvalue weighted by Crippen LogP contribution is -2.16. The Morgan fingerprint density at radius 3 is 2.55 bits per heavy atom. The van der Waals surface area contributed by atoms with Crippen LogP contribution >= 0.6 is 15.9 Å². The fourth-order valence-corrected chi connectivity index (χ4v) is 1.73. The molecule has 0 heterocycles. The quantitative estimate of drug-likeness (QED) is 0.673. The summed E-state index contributed by atoms with van der Waals surface area (Å²) in [5, 5.41) is 6.46. The highest BCUT2D eigenvalue weighted by Gasteiger charge is 2.01. The number of nitrogens with one attached hydrogen (secondary N) is 1. The lowest BCUT2D eigenvalue weighted by Gasteiger charge is -2.03. The Morgan fingerprint density at radius 1 is 1.15 bits per heavy atom. The van der Waals surface area contributed by atoms with Gasteiger partial charge in [0.1, 0.15) is 0 Å². The molecule has 102 valence electrons. The number of hydrogen-bond donors (Lipinski definition) is 1. The first-order valence-corrected chi connectivity index (χ1v) is 6.79. The lowest BCUT2D eigenvalue weighted by atomic mass is 10.2. The predicted octanol–water partition coefficient (Wildman–Crippen LogP) is 3.44. The van der Waals surface area contributed by atoms with E-state index in [4.69, 9.17) is 4.84 Å². The van der Waals surface area contributed by atoms with Crippen molar-refractivity contribution in [3.63, 3.8) is 0 Å². The summed E-state index contributed by atoms with van der Waals surface area (Å²) >= 11 is 3.35. The number of carbonyl (C=O) groups excluding carboxylic acids is 1. The van der Waals surface area contributed by atoms with E-state index in [9.17, 15) is 4.79 Å². The van der Waals surface area contributed by atoms with Crippen LogP contribution < -0.4 is 5.32 Å². The molecule has 1 N–H and O–H groups in total. The topological polar surface area (TPSA) is 50.7 Å². The molecule has 0 aliphatic rings. The number of amides is 1. The minimum Gasteiger partial charge on any atom is -0.386 e. The van der Waals surface area contributed by atoms with Crippen LogP contribution in [0.15, 0.2) is 64.2 Å². The highest BCUT2D eigenvalue weighted by atomic mass is 79.9. The lowest BCUT2D eigenvalue weighted by molar-refractivity contribution is -0.120. The Hall–Kier alpha value is -2.14. The molecule has 0 fully saturated rings. The smallest absolute Gasteiger partial charge is 0.265 e. The second kappa shape index (κ2) is 7.45. The van der Waals surface area contributed by atoms with Gasteiger partial charge in [0.15, 0.2) is 6.61 Å². The molecule has 2 rings (SSSR count). The van der Waals surface area contributed by atoms with E-state index in [1.54, 1.807) is 6.21 Å². The monoisotopic (exact) mass is 332 g/mol. The summed E-state index contributed by atoms with van der Waals surface area (Å²) in [5.41, 5.74) is 1.63. The number of carbonyl (C=O) groups is 1. The van der Waals surface area contributed by atoms with E-state index in [0.717, 1.165) is 15.7 Å². The summed E-state index contributed by atoms with van der Waals surface area (Å²) in [6.07, 6.45) is 1.56. The molecule has 5 heteroatoms. The van der Waals surface area contributed by atoms with Crippen molar-refractivity contribution in [1.29, 1.82) is 0 Å². The van der Waals surface area contributed by atoms with Crippen LogP contribution in [0, 0.1) is 0 Å². The van der Waals surface area contributed by atoms with Crippen molar-refractivity contribution in [3.8, 4) is 0 Å². The van der Waals surface area contributed by atoms with Crippen LogP contribution in [0.25, 0.3) is 0 Å². The van der Waals surface area contributed by atoms with Gasteiger partial charge in [-0.25, -0.2) is 0 Å². The molecular formula is C15H13BrN2O2. The molecule has 0 radical (unpaired) electrons. The summed E-state index contributed by atoms with van der Waals surface area (Å²) in [6, 6.07) is 16.8. The number of halogens is 1. The second-order valence-electron chi connectivity index (χ2n) is 3.97. The summed E-state index contributed by atoms with van der Waals surface area (Å²) in [6.45, 7) is -0.123. The summed E-state index contributed by atoms with van der Waals surface area (Å²) in [4.78, 5) is 16.5. The number of benzene rings is 2. The van der Waals surface area contributed by atoms with E-state index < -0.39 is 0 Å². The number of hydrogen-bond acceptors (Lipinski definition) is 3. The highest BCUT2D eigenvalue weighted by molar-refractivity contribution is 9.10. The van der Waals surface area contributed by atoms with Crippen LogP contribution in [-0.2, 0) is 9.63 Å². The van der Waals surface area contributed by atoms with Crippen LogP contribution in [0.5, 0.6) is 0 Å². The van der Waals surface area contributed by atoms with E-state index >= 15 is 0 Å². The standard InChI is InChI=1S/C15H13BrN2O2/c16-13-8-6-12(7-9-13)10-17-20-11-15(19)18-14-4-2-1-3-5-14/h1-10H,11H2,(H,18,19)/b17-10-. The molecule has 2 aromatic rings. The van der Waals surface area contributed by atoms with E-state index in [2.05, 4.69) is 26.4 Å². The van der Waals surface area contributed by atoms with E-state index in [1.807, 2.05) is 54.6 Å². The van der Waals surface area contributed by atoms with Gasteiger partial charge < -0.3 is 10.2 Å². The van der Waals surface area contributed by atoms with Gasteiger partial charge in [0.2, 0.25) is 0 Å². The molecule has 0 aliphatic carbocycles. The Bertz CT molecular complexity index is 583. The number of anilines is 1. The first-order chi connectivity index (χ1) is 9.74. The maximum atomic E-state index is 11.6. The molecule has 0 atom stereocenters. The number of nitrogens with zero attached hydrogens (tertiary/aromatic N) is 1. The zero-order chi connectivity index (χ0) is 14.2. The van der Waals surface area contributed by atoms with Gasteiger partial charge in [0.05, 0.1) is 6.21 Å². The van der Waals surface area contributed by atoms with Crippen molar-refractivity contribution in [2.45, 2.75) is 0 Å². The molecule has 0 saturated carbocycles. The van der Waals surface area contributed by atoms with E-state index in [0.29, 0.717) is 0 Å². The van der Waals surface area contributed by atoms with Crippen molar-refractivity contribution in [2.24, 2.45) is 5.16 Å². The summed E-state index contributed by atoms with van der Waals surface area (Å²) in [5.74, 6) is -0.246.